The van der Waals surface area contributed by atoms with E-state index in [1.165, 1.54) is 0 Å². The van der Waals surface area contributed by atoms with Crippen LogP contribution in [0.25, 0.3) is 0 Å². The summed E-state index contributed by atoms with van der Waals surface area (Å²) in [6.45, 7) is 3.85. The van der Waals surface area contributed by atoms with Crippen LogP contribution in [-0.2, 0) is 11.2 Å². The number of hydrogen-bond donors (Lipinski definition) is 2. The van der Waals surface area contributed by atoms with Gasteiger partial charge in [0.2, 0.25) is 5.91 Å². The smallest absolute Gasteiger partial charge is 0.233 e. The lowest BCUT2D eigenvalue weighted by Gasteiger charge is -2.03. The predicted molar refractivity (Wildman–Crippen MR) is 57.4 cm³/mol. The second-order valence-electron chi connectivity index (χ2n) is 2.86. The van der Waals surface area contributed by atoms with Crippen molar-refractivity contribution in [3.8, 4) is 0 Å². The number of carbonyl (C=O) groups excluding carboxylic acids is 1. The predicted octanol–water partition coefficient (Wildman–Crippen LogP) is 0.411. The van der Waals surface area contributed by atoms with Crippen molar-refractivity contribution in [3.63, 3.8) is 0 Å². The van der Waals surface area contributed by atoms with E-state index in [1.54, 1.807) is 16.8 Å². The topological polar surface area (TPSA) is 54.0 Å². The molecule has 14 heavy (non-hydrogen) atoms. The van der Waals surface area contributed by atoms with Gasteiger partial charge in [0.15, 0.2) is 0 Å². The van der Waals surface area contributed by atoms with Gasteiger partial charge in [0.1, 0.15) is 0 Å². The molecular weight excluding hydrogens is 198 g/mol. The normalized spacial score (nSPS) is 10.1. The summed E-state index contributed by atoms with van der Waals surface area (Å²) in [4.78, 5) is 15.3. The van der Waals surface area contributed by atoms with Crippen LogP contribution < -0.4 is 10.6 Å². The summed E-state index contributed by atoms with van der Waals surface area (Å²) in [6, 6.07) is 0. The van der Waals surface area contributed by atoms with Crippen LogP contribution in [0.15, 0.2) is 10.9 Å². The molecule has 1 aromatic rings. The molecule has 5 heteroatoms. The zero-order chi connectivity index (χ0) is 10.2. The minimum Gasteiger partial charge on any atom is -0.355 e. The maximum atomic E-state index is 11.1. The largest absolute Gasteiger partial charge is 0.355 e. The van der Waals surface area contributed by atoms with Gasteiger partial charge in [0, 0.05) is 18.3 Å². The van der Waals surface area contributed by atoms with Crippen molar-refractivity contribution in [2.75, 3.05) is 19.6 Å². The third-order valence-corrected chi connectivity index (χ3v) is 2.36. The van der Waals surface area contributed by atoms with Crippen LogP contribution >= 0.6 is 11.3 Å². The SMILES string of the molecule is CCNCC(=O)NCCc1cscn1. The van der Waals surface area contributed by atoms with Crippen LogP contribution in [0.5, 0.6) is 0 Å². The van der Waals surface area contributed by atoms with Crippen molar-refractivity contribution in [3.05, 3.63) is 16.6 Å². The molecule has 0 unspecified atom stereocenters. The van der Waals surface area contributed by atoms with Gasteiger partial charge in [-0.1, -0.05) is 6.92 Å². The Balaban J connectivity index is 2.06. The van der Waals surface area contributed by atoms with Crippen LogP contribution in [0.2, 0.25) is 0 Å². The number of nitrogens with zero attached hydrogens (tertiary/aromatic N) is 1. The molecule has 0 aliphatic rings. The molecule has 4 nitrogen and oxygen atoms in total. The summed E-state index contributed by atoms with van der Waals surface area (Å²) in [5.74, 6) is 0.0436. The Morgan fingerprint density at radius 1 is 1.64 bits per heavy atom. The molecule has 78 valence electrons. The van der Waals surface area contributed by atoms with Gasteiger partial charge in [-0.05, 0) is 6.54 Å². The molecular formula is C9H15N3OS. The van der Waals surface area contributed by atoms with Crippen molar-refractivity contribution in [2.24, 2.45) is 0 Å². The fraction of sp³-hybridized carbons (Fsp3) is 0.556. The molecule has 1 heterocycles. The lowest BCUT2D eigenvalue weighted by Crippen LogP contribution is -2.34. The second-order valence-corrected chi connectivity index (χ2v) is 3.58. The first-order chi connectivity index (χ1) is 6.83. The van der Waals surface area contributed by atoms with E-state index in [2.05, 4.69) is 15.6 Å². The van der Waals surface area contributed by atoms with Gasteiger partial charge in [-0.3, -0.25) is 4.79 Å². The van der Waals surface area contributed by atoms with Crippen LogP contribution in [0.1, 0.15) is 12.6 Å². The number of amides is 1. The number of likely N-dealkylation sites (N-methyl/N-ethyl adjacent to an activating group) is 1. The third kappa shape index (κ3) is 4.34. The van der Waals surface area contributed by atoms with Gasteiger partial charge in [-0.2, -0.15) is 0 Å². The molecule has 0 saturated heterocycles. The molecule has 1 amide bonds. The van der Waals surface area contributed by atoms with E-state index in [0.29, 0.717) is 13.1 Å². The maximum Gasteiger partial charge on any atom is 0.233 e. The Hall–Kier alpha value is -0.940. The fourth-order valence-electron chi connectivity index (χ4n) is 0.992. The molecule has 0 aliphatic heterocycles. The Bertz CT molecular complexity index is 261. The third-order valence-electron chi connectivity index (χ3n) is 1.72. The monoisotopic (exact) mass is 213 g/mol. The summed E-state index contributed by atoms with van der Waals surface area (Å²) in [7, 11) is 0. The average Bonchev–Trinajstić information content (AvgIpc) is 2.67. The van der Waals surface area contributed by atoms with Crippen LogP contribution in [-0.4, -0.2) is 30.5 Å². The van der Waals surface area contributed by atoms with E-state index in [-0.39, 0.29) is 5.91 Å². The molecule has 0 atom stereocenters. The van der Waals surface area contributed by atoms with Crippen LogP contribution in [0, 0.1) is 0 Å². The molecule has 2 N–H and O–H groups in total. The van der Waals surface area contributed by atoms with Crippen molar-refractivity contribution in [1.29, 1.82) is 0 Å². The Morgan fingerprint density at radius 2 is 2.50 bits per heavy atom. The molecule has 0 bridgehead atoms. The Morgan fingerprint density at radius 3 is 3.14 bits per heavy atom. The first kappa shape index (κ1) is 11.1. The highest BCUT2D eigenvalue weighted by Gasteiger charge is 1.99. The van der Waals surface area contributed by atoms with Gasteiger partial charge in [0.25, 0.3) is 0 Å². The molecule has 0 spiro atoms. The van der Waals surface area contributed by atoms with Crippen molar-refractivity contribution in [2.45, 2.75) is 13.3 Å². The highest BCUT2D eigenvalue weighted by atomic mass is 32.1. The summed E-state index contributed by atoms with van der Waals surface area (Å²) in [5, 5.41) is 7.78. The minimum absolute atomic E-state index is 0.0436. The van der Waals surface area contributed by atoms with E-state index in [1.807, 2.05) is 12.3 Å². The van der Waals surface area contributed by atoms with Gasteiger partial charge in [-0.15, -0.1) is 11.3 Å². The maximum absolute atomic E-state index is 11.1. The first-order valence-corrected chi connectivity index (χ1v) is 5.61. The van der Waals surface area contributed by atoms with Crippen LogP contribution in [0.4, 0.5) is 0 Å². The van der Waals surface area contributed by atoms with E-state index in [0.717, 1.165) is 18.7 Å². The Kier molecular flexibility index (Phi) is 5.17. The summed E-state index contributed by atoms with van der Waals surface area (Å²) < 4.78 is 0. The standard InChI is InChI=1S/C9H15N3OS/c1-2-10-5-9(13)11-4-3-8-6-14-7-12-8/h6-7,10H,2-5H2,1H3,(H,11,13). The van der Waals surface area contributed by atoms with Crippen LogP contribution in [0.3, 0.4) is 0 Å². The highest BCUT2D eigenvalue weighted by molar-refractivity contribution is 7.07. The average molecular weight is 213 g/mol. The summed E-state index contributed by atoms with van der Waals surface area (Å²) in [6.07, 6.45) is 0.807. The zero-order valence-electron chi connectivity index (χ0n) is 8.25. The van der Waals surface area contributed by atoms with E-state index >= 15 is 0 Å². The van der Waals surface area contributed by atoms with E-state index in [4.69, 9.17) is 0 Å². The van der Waals surface area contributed by atoms with Crippen molar-refractivity contribution < 1.29 is 4.79 Å². The summed E-state index contributed by atoms with van der Waals surface area (Å²) >= 11 is 1.58. The second kappa shape index (κ2) is 6.50. The minimum atomic E-state index is 0.0436. The molecule has 0 aliphatic carbocycles. The number of aromatic nitrogens is 1. The molecule has 0 fully saturated rings. The molecule has 0 aromatic carbocycles. The number of nitrogens with one attached hydrogen (secondary N) is 2. The van der Waals surface area contributed by atoms with Gasteiger partial charge in [0.05, 0.1) is 17.7 Å². The van der Waals surface area contributed by atoms with Gasteiger partial charge in [-0.25, -0.2) is 4.98 Å². The molecule has 1 aromatic heterocycles. The lowest BCUT2D eigenvalue weighted by atomic mass is 10.3. The Labute approximate surface area is 87.7 Å². The number of rotatable bonds is 6. The molecule has 0 radical (unpaired) electrons. The highest BCUT2D eigenvalue weighted by Crippen LogP contribution is 2.00. The van der Waals surface area contributed by atoms with Crippen molar-refractivity contribution in [1.82, 2.24) is 15.6 Å². The van der Waals surface area contributed by atoms with Gasteiger partial charge >= 0.3 is 0 Å². The molecule has 0 saturated carbocycles. The zero-order valence-corrected chi connectivity index (χ0v) is 9.06. The molecule has 1 rings (SSSR count). The number of thiazole rings is 1. The van der Waals surface area contributed by atoms with Gasteiger partial charge < -0.3 is 10.6 Å². The van der Waals surface area contributed by atoms with E-state index in [9.17, 15) is 4.79 Å². The number of hydrogen-bond acceptors (Lipinski definition) is 4. The quantitative estimate of drug-likeness (QED) is 0.719. The summed E-state index contributed by atoms with van der Waals surface area (Å²) in [5.41, 5.74) is 2.84. The van der Waals surface area contributed by atoms with Crippen molar-refractivity contribution >= 4 is 17.2 Å². The first-order valence-electron chi connectivity index (χ1n) is 4.67. The fourth-order valence-corrected chi connectivity index (χ4v) is 1.58. The van der Waals surface area contributed by atoms with E-state index < -0.39 is 0 Å². The number of carbonyl (C=O) groups is 1. The lowest BCUT2D eigenvalue weighted by molar-refractivity contribution is -0.120.